The number of hydrogen-bond donors (Lipinski definition) is 2. The van der Waals surface area contributed by atoms with Crippen LogP contribution in [0.1, 0.15) is 25.5 Å². The second-order valence-electron chi connectivity index (χ2n) is 5.71. The number of nitrogen functional groups attached to an aromatic ring is 1. The fraction of sp³-hybridized carbons (Fsp3) is 0.714. The summed E-state index contributed by atoms with van der Waals surface area (Å²) in [7, 11) is 0. The molecule has 1 aromatic rings. The summed E-state index contributed by atoms with van der Waals surface area (Å²) in [6.07, 6.45) is 2.15. The maximum Gasteiger partial charge on any atom is 0.245 e. The number of nitrogens with zero attached hydrogens (tertiary/aromatic N) is 3. The molecule has 7 nitrogen and oxygen atoms in total. The van der Waals surface area contributed by atoms with Crippen LogP contribution in [0.15, 0.2) is 0 Å². The Bertz CT molecular complexity index is 538. The van der Waals surface area contributed by atoms with E-state index in [0.717, 1.165) is 30.9 Å². The van der Waals surface area contributed by atoms with Crippen molar-refractivity contribution in [2.24, 2.45) is 0 Å². The SMILES string of the molecule is CCn1nc(C)c(N)c1N1CCOCC1C(=O)NC1CC1. The number of ether oxygens (including phenoxy) is 1. The number of anilines is 2. The maximum atomic E-state index is 12.4. The van der Waals surface area contributed by atoms with Crippen molar-refractivity contribution in [1.82, 2.24) is 15.1 Å². The summed E-state index contributed by atoms with van der Waals surface area (Å²) in [6.45, 7) is 6.28. The summed E-state index contributed by atoms with van der Waals surface area (Å²) < 4.78 is 7.37. The molecule has 116 valence electrons. The first-order chi connectivity index (χ1) is 10.1. The Balaban J connectivity index is 1.88. The zero-order chi connectivity index (χ0) is 15.0. The summed E-state index contributed by atoms with van der Waals surface area (Å²) in [4.78, 5) is 14.5. The molecule has 1 amide bonds. The van der Waals surface area contributed by atoms with E-state index in [1.165, 1.54) is 0 Å². The molecular weight excluding hydrogens is 270 g/mol. The molecule has 2 fully saturated rings. The van der Waals surface area contributed by atoms with Gasteiger partial charge in [0.05, 0.1) is 24.6 Å². The molecule has 1 aromatic heterocycles. The van der Waals surface area contributed by atoms with Gasteiger partial charge < -0.3 is 20.7 Å². The van der Waals surface area contributed by atoms with Crippen LogP contribution in [0.4, 0.5) is 11.5 Å². The van der Waals surface area contributed by atoms with E-state index >= 15 is 0 Å². The van der Waals surface area contributed by atoms with E-state index in [2.05, 4.69) is 10.4 Å². The van der Waals surface area contributed by atoms with Crippen molar-refractivity contribution in [3.8, 4) is 0 Å². The Hall–Kier alpha value is -1.76. The zero-order valence-electron chi connectivity index (χ0n) is 12.6. The van der Waals surface area contributed by atoms with E-state index in [-0.39, 0.29) is 11.9 Å². The molecule has 1 saturated carbocycles. The average Bonchev–Trinajstić information content (AvgIpc) is 3.25. The summed E-state index contributed by atoms with van der Waals surface area (Å²) in [5.41, 5.74) is 7.65. The highest BCUT2D eigenvalue weighted by atomic mass is 16.5. The molecule has 7 heteroatoms. The zero-order valence-corrected chi connectivity index (χ0v) is 12.6. The number of rotatable bonds is 4. The van der Waals surface area contributed by atoms with Gasteiger partial charge in [0.1, 0.15) is 6.04 Å². The van der Waals surface area contributed by atoms with Crippen LogP contribution in [0.25, 0.3) is 0 Å². The van der Waals surface area contributed by atoms with Crippen LogP contribution >= 0.6 is 0 Å². The van der Waals surface area contributed by atoms with Gasteiger partial charge in [0.2, 0.25) is 5.91 Å². The van der Waals surface area contributed by atoms with E-state index in [1.807, 2.05) is 23.4 Å². The van der Waals surface area contributed by atoms with Crippen LogP contribution in [-0.4, -0.2) is 47.5 Å². The molecule has 3 rings (SSSR count). The lowest BCUT2D eigenvalue weighted by atomic mass is 10.2. The minimum Gasteiger partial charge on any atom is -0.394 e. The largest absolute Gasteiger partial charge is 0.394 e. The smallest absolute Gasteiger partial charge is 0.245 e. The highest BCUT2D eigenvalue weighted by Gasteiger charge is 2.35. The first-order valence-corrected chi connectivity index (χ1v) is 7.59. The van der Waals surface area contributed by atoms with Gasteiger partial charge in [-0.15, -0.1) is 0 Å². The van der Waals surface area contributed by atoms with Crippen LogP contribution in [0.5, 0.6) is 0 Å². The van der Waals surface area contributed by atoms with Crippen molar-refractivity contribution in [3.63, 3.8) is 0 Å². The fourth-order valence-electron chi connectivity index (χ4n) is 2.71. The van der Waals surface area contributed by atoms with Gasteiger partial charge in [0.15, 0.2) is 5.82 Å². The molecule has 0 bridgehead atoms. The van der Waals surface area contributed by atoms with E-state index in [1.54, 1.807) is 0 Å². The van der Waals surface area contributed by atoms with Gasteiger partial charge >= 0.3 is 0 Å². The summed E-state index contributed by atoms with van der Waals surface area (Å²) in [5, 5.41) is 7.50. The Morgan fingerprint density at radius 3 is 2.95 bits per heavy atom. The van der Waals surface area contributed by atoms with Crippen molar-refractivity contribution in [1.29, 1.82) is 0 Å². The monoisotopic (exact) mass is 293 g/mol. The average molecular weight is 293 g/mol. The van der Waals surface area contributed by atoms with Gasteiger partial charge in [0, 0.05) is 19.1 Å². The summed E-state index contributed by atoms with van der Waals surface area (Å²) in [5.74, 6) is 0.868. The Labute approximate surface area is 124 Å². The molecule has 0 aromatic carbocycles. The van der Waals surface area contributed by atoms with Gasteiger partial charge in [-0.05, 0) is 26.7 Å². The van der Waals surface area contributed by atoms with Crippen LogP contribution in [0.2, 0.25) is 0 Å². The third kappa shape index (κ3) is 2.70. The lowest BCUT2D eigenvalue weighted by molar-refractivity contribution is -0.124. The molecule has 3 N–H and O–H groups in total. The molecule has 2 aliphatic rings. The number of aromatic nitrogens is 2. The highest BCUT2D eigenvalue weighted by molar-refractivity contribution is 5.87. The van der Waals surface area contributed by atoms with E-state index < -0.39 is 0 Å². The molecule has 0 radical (unpaired) electrons. The number of aryl methyl sites for hydroxylation is 2. The third-order valence-corrected chi connectivity index (χ3v) is 4.07. The molecule has 21 heavy (non-hydrogen) atoms. The number of nitrogens with one attached hydrogen (secondary N) is 1. The molecule has 1 saturated heterocycles. The molecule has 1 aliphatic heterocycles. The minimum atomic E-state index is -0.331. The highest BCUT2D eigenvalue weighted by Crippen LogP contribution is 2.30. The van der Waals surface area contributed by atoms with Crippen molar-refractivity contribution in [2.45, 2.75) is 45.3 Å². The van der Waals surface area contributed by atoms with Crippen LogP contribution < -0.4 is 16.0 Å². The number of carbonyl (C=O) groups excluding carboxylic acids is 1. The lowest BCUT2D eigenvalue weighted by Gasteiger charge is -2.36. The van der Waals surface area contributed by atoms with Crippen LogP contribution in [0.3, 0.4) is 0 Å². The molecule has 0 spiro atoms. The number of amides is 1. The van der Waals surface area contributed by atoms with Gasteiger partial charge in [0.25, 0.3) is 0 Å². The van der Waals surface area contributed by atoms with Crippen LogP contribution in [-0.2, 0) is 16.1 Å². The number of morpholine rings is 1. The first-order valence-electron chi connectivity index (χ1n) is 7.59. The second kappa shape index (κ2) is 5.55. The normalized spacial score (nSPS) is 22.4. The fourth-order valence-corrected chi connectivity index (χ4v) is 2.71. The molecule has 2 heterocycles. The third-order valence-electron chi connectivity index (χ3n) is 4.07. The molecular formula is C14H23N5O2. The van der Waals surface area contributed by atoms with Gasteiger partial charge in [-0.25, -0.2) is 4.68 Å². The molecule has 1 unspecified atom stereocenters. The number of carbonyl (C=O) groups is 1. The molecule has 1 atom stereocenters. The summed E-state index contributed by atoms with van der Waals surface area (Å²) >= 11 is 0. The van der Waals surface area contributed by atoms with Crippen molar-refractivity contribution in [3.05, 3.63) is 5.69 Å². The number of nitrogens with two attached hydrogens (primary N) is 1. The van der Waals surface area contributed by atoms with Crippen molar-refractivity contribution >= 4 is 17.4 Å². The quantitative estimate of drug-likeness (QED) is 0.833. The van der Waals surface area contributed by atoms with E-state index in [4.69, 9.17) is 10.5 Å². The standard InChI is InChI=1S/C14H23N5O2/c1-3-19-14(12(15)9(2)17-19)18-6-7-21-8-11(18)13(20)16-10-4-5-10/h10-11H,3-8,15H2,1-2H3,(H,16,20). The predicted octanol–water partition coefficient (Wildman–Crippen LogP) is 0.277. The van der Waals surface area contributed by atoms with E-state index in [0.29, 0.717) is 31.5 Å². The lowest BCUT2D eigenvalue weighted by Crippen LogP contribution is -2.55. The topological polar surface area (TPSA) is 85.4 Å². The minimum absolute atomic E-state index is 0.0260. The van der Waals surface area contributed by atoms with Crippen LogP contribution in [0, 0.1) is 6.92 Å². The number of hydrogen-bond acceptors (Lipinski definition) is 5. The Kier molecular flexibility index (Phi) is 3.75. The van der Waals surface area contributed by atoms with Gasteiger partial charge in [-0.3, -0.25) is 4.79 Å². The van der Waals surface area contributed by atoms with E-state index in [9.17, 15) is 4.79 Å². The van der Waals surface area contributed by atoms with Gasteiger partial charge in [-0.1, -0.05) is 0 Å². The first kappa shape index (κ1) is 14.2. The maximum absolute atomic E-state index is 12.4. The second-order valence-corrected chi connectivity index (χ2v) is 5.71. The summed E-state index contributed by atoms with van der Waals surface area (Å²) in [6, 6.07) is 0.0134. The predicted molar refractivity (Wildman–Crippen MR) is 80.2 cm³/mol. The van der Waals surface area contributed by atoms with Crippen molar-refractivity contribution in [2.75, 3.05) is 30.4 Å². The van der Waals surface area contributed by atoms with Gasteiger partial charge in [-0.2, -0.15) is 5.10 Å². The molecule has 1 aliphatic carbocycles. The Morgan fingerprint density at radius 1 is 1.52 bits per heavy atom. The Morgan fingerprint density at radius 2 is 2.29 bits per heavy atom. The van der Waals surface area contributed by atoms with Crippen molar-refractivity contribution < 1.29 is 9.53 Å².